The Hall–Kier alpha value is -4.70. The number of carbonyl (C=O) groups excluding carboxylic acids is 4. The van der Waals surface area contributed by atoms with Gasteiger partial charge in [-0.15, -0.1) is 0 Å². The normalized spacial score (nSPS) is 15.2. The largest absolute Gasteiger partial charge is 0.482 e. The summed E-state index contributed by atoms with van der Waals surface area (Å²) in [7, 11) is 0. The number of hydrogen-bond donors (Lipinski definition) is 3. The van der Waals surface area contributed by atoms with Crippen LogP contribution in [0.2, 0.25) is 0 Å². The number of rotatable bonds is 12. The SMILES string of the molecule is NCCCCCCC(=O)N1CCc2ccc(NC(=O)c3ccc(CN(C(=O)c4ccc5c(c4)OCC(=O)N5)C4CC4)cc3)cc2C1. The Morgan fingerprint density at radius 3 is 2.50 bits per heavy atom. The highest BCUT2D eigenvalue weighted by Crippen LogP contribution is 2.33. The molecule has 1 aliphatic carbocycles. The van der Waals surface area contributed by atoms with E-state index in [2.05, 4.69) is 10.6 Å². The summed E-state index contributed by atoms with van der Waals surface area (Å²) in [6.07, 6.45) is 7.24. The van der Waals surface area contributed by atoms with Gasteiger partial charge in [0.05, 0.1) is 5.69 Å². The number of unbranched alkanes of at least 4 members (excludes halogenated alkanes) is 3. The van der Waals surface area contributed by atoms with Gasteiger partial charge in [0.25, 0.3) is 17.7 Å². The lowest BCUT2D eigenvalue weighted by molar-refractivity contribution is -0.132. The highest BCUT2D eigenvalue weighted by molar-refractivity contribution is 6.04. The lowest BCUT2D eigenvalue weighted by atomic mass is 9.98. The van der Waals surface area contributed by atoms with Crippen LogP contribution in [0.3, 0.4) is 0 Å². The Balaban J connectivity index is 1.05. The molecule has 0 bridgehead atoms. The monoisotopic (exact) mass is 623 g/mol. The van der Waals surface area contributed by atoms with E-state index in [1.165, 1.54) is 5.56 Å². The van der Waals surface area contributed by atoms with Gasteiger partial charge < -0.3 is 30.9 Å². The van der Waals surface area contributed by atoms with Gasteiger partial charge in [0.2, 0.25) is 5.91 Å². The molecule has 240 valence electrons. The number of nitrogens with zero attached hydrogens (tertiary/aromatic N) is 2. The Morgan fingerprint density at radius 1 is 0.935 bits per heavy atom. The molecule has 3 aromatic carbocycles. The number of hydrogen-bond acceptors (Lipinski definition) is 6. The summed E-state index contributed by atoms with van der Waals surface area (Å²) < 4.78 is 5.50. The lowest BCUT2D eigenvalue weighted by Crippen LogP contribution is -2.35. The quantitative estimate of drug-likeness (QED) is 0.247. The van der Waals surface area contributed by atoms with Crippen molar-refractivity contribution in [2.75, 3.05) is 30.3 Å². The first-order valence-electron chi connectivity index (χ1n) is 16.3. The number of anilines is 2. The van der Waals surface area contributed by atoms with Crippen LogP contribution in [0, 0.1) is 0 Å². The maximum atomic E-state index is 13.5. The first kappa shape index (κ1) is 31.3. The second kappa shape index (κ2) is 14.2. The molecule has 4 amide bonds. The maximum Gasteiger partial charge on any atom is 0.262 e. The van der Waals surface area contributed by atoms with Crippen LogP contribution in [0.15, 0.2) is 60.7 Å². The van der Waals surface area contributed by atoms with Crippen molar-refractivity contribution in [2.45, 2.75) is 70.5 Å². The summed E-state index contributed by atoms with van der Waals surface area (Å²) >= 11 is 0. The molecule has 2 heterocycles. The molecule has 10 nitrogen and oxygen atoms in total. The second-order valence-corrected chi connectivity index (χ2v) is 12.4. The van der Waals surface area contributed by atoms with Crippen LogP contribution in [-0.4, -0.2) is 59.2 Å². The third-order valence-electron chi connectivity index (χ3n) is 8.85. The highest BCUT2D eigenvalue weighted by Gasteiger charge is 2.33. The van der Waals surface area contributed by atoms with Crippen LogP contribution < -0.4 is 21.1 Å². The summed E-state index contributed by atoms with van der Waals surface area (Å²) in [6.45, 7) is 2.33. The zero-order chi connectivity index (χ0) is 32.0. The van der Waals surface area contributed by atoms with Crippen LogP contribution in [0.25, 0.3) is 0 Å². The van der Waals surface area contributed by atoms with E-state index in [1.54, 1.807) is 30.3 Å². The lowest BCUT2D eigenvalue weighted by Gasteiger charge is -2.29. The minimum atomic E-state index is -0.219. The number of nitrogens with two attached hydrogens (primary N) is 1. The molecule has 1 saturated carbocycles. The number of amides is 4. The fourth-order valence-electron chi connectivity index (χ4n) is 6.07. The molecule has 0 saturated heterocycles. The fraction of sp³-hybridized carbons (Fsp3) is 0.389. The van der Waals surface area contributed by atoms with Gasteiger partial charge in [-0.1, -0.05) is 31.0 Å². The Bertz CT molecular complexity index is 1620. The molecule has 6 rings (SSSR count). The summed E-state index contributed by atoms with van der Waals surface area (Å²) in [5.74, 6) is 0.144. The van der Waals surface area contributed by atoms with E-state index in [0.717, 1.165) is 62.6 Å². The van der Waals surface area contributed by atoms with Gasteiger partial charge >= 0.3 is 0 Å². The van der Waals surface area contributed by atoms with Crippen LogP contribution in [0.4, 0.5) is 11.4 Å². The van der Waals surface area contributed by atoms with Crippen molar-refractivity contribution in [2.24, 2.45) is 5.73 Å². The summed E-state index contributed by atoms with van der Waals surface area (Å²) in [4.78, 5) is 54.8. The van der Waals surface area contributed by atoms with Gasteiger partial charge in [-0.2, -0.15) is 0 Å². The van der Waals surface area contributed by atoms with Crippen molar-refractivity contribution in [3.63, 3.8) is 0 Å². The van der Waals surface area contributed by atoms with Crippen molar-refractivity contribution < 1.29 is 23.9 Å². The molecule has 3 aromatic rings. The Kier molecular flexibility index (Phi) is 9.63. The third-order valence-corrected chi connectivity index (χ3v) is 8.85. The highest BCUT2D eigenvalue weighted by atomic mass is 16.5. The molecule has 0 spiro atoms. The number of benzene rings is 3. The molecule has 4 N–H and O–H groups in total. The summed E-state index contributed by atoms with van der Waals surface area (Å²) in [6, 6.07) is 18.5. The number of carbonyl (C=O) groups is 4. The van der Waals surface area contributed by atoms with Crippen molar-refractivity contribution in [1.29, 1.82) is 0 Å². The predicted octanol–water partition coefficient (Wildman–Crippen LogP) is 4.87. The third kappa shape index (κ3) is 7.56. The zero-order valence-corrected chi connectivity index (χ0v) is 26.1. The van der Waals surface area contributed by atoms with Crippen LogP contribution in [-0.2, 0) is 29.1 Å². The van der Waals surface area contributed by atoms with Crippen LogP contribution >= 0.6 is 0 Å². The van der Waals surface area contributed by atoms with E-state index >= 15 is 0 Å². The van der Waals surface area contributed by atoms with E-state index < -0.39 is 0 Å². The van der Waals surface area contributed by atoms with Gasteiger partial charge in [0, 0.05) is 48.9 Å². The predicted molar refractivity (Wildman–Crippen MR) is 176 cm³/mol. The van der Waals surface area contributed by atoms with Crippen molar-refractivity contribution in [3.8, 4) is 5.75 Å². The number of nitrogens with one attached hydrogen (secondary N) is 2. The molecular weight excluding hydrogens is 582 g/mol. The van der Waals surface area contributed by atoms with Gasteiger partial charge in [0.15, 0.2) is 6.61 Å². The van der Waals surface area contributed by atoms with E-state index in [-0.39, 0.29) is 36.3 Å². The Labute approximate surface area is 269 Å². The van der Waals surface area contributed by atoms with Crippen molar-refractivity contribution in [1.82, 2.24) is 9.80 Å². The van der Waals surface area contributed by atoms with Crippen LogP contribution in [0.1, 0.15) is 82.4 Å². The van der Waals surface area contributed by atoms with Crippen LogP contribution in [0.5, 0.6) is 5.75 Å². The first-order valence-corrected chi connectivity index (χ1v) is 16.3. The summed E-state index contributed by atoms with van der Waals surface area (Å²) in [5, 5.41) is 5.76. The molecule has 1 fully saturated rings. The minimum absolute atomic E-state index is 0.0699. The van der Waals surface area contributed by atoms with Gasteiger partial charge in [-0.05, 0) is 97.8 Å². The number of ether oxygens (including phenoxy) is 1. The minimum Gasteiger partial charge on any atom is -0.482 e. The average Bonchev–Trinajstić information content (AvgIpc) is 3.92. The van der Waals surface area contributed by atoms with Gasteiger partial charge in [-0.25, -0.2) is 0 Å². The Morgan fingerprint density at radius 2 is 1.72 bits per heavy atom. The second-order valence-electron chi connectivity index (χ2n) is 12.4. The molecular formula is C36H41N5O5. The topological polar surface area (TPSA) is 134 Å². The smallest absolute Gasteiger partial charge is 0.262 e. The maximum absolute atomic E-state index is 13.5. The summed E-state index contributed by atoms with van der Waals surface area (Å²) in [5.41, 5.74) is 11.0. The molecule has 0 radical (unpaired) electrons. The van der Waals surface area contributed by atoms with E-state index in [4.69, 9.17) is 10.5 Å². The molecule has 0 aromatic heterocycles. The molecule has 10 heteroatoms. The average molecular weight is 624 g/mol. The molecule has 3 aliphatic rings. The molecule has 2 aliphatic heterocycles. The zero-order valence-electron chi connectivity index (χ0n) is 26.1. The van der Waals surface area contributed by atoms with E-state index in [1.807, 2.05) is 40.1 Å². The van der Waals surface area contributed by atoms with Gasteiger partial charge in [0.1, 0.15) is 5.75 Å². The fourth-order valence-corrected chi connectivity index (χ4v) is 6.07. The number of fused-ring (bicyclic) bond motifs is 2. The van der Waals surface area contributed by atoms with E-state index in [9.17, 15) is 19.2 Å². The van der Waals surface area contributed by atoms with Crippen molar-refractivity contribution in [3.05, 3.63) is 88.5 Å². The van der Waals surface area contributed by atoms with E-state index in [0.29, 0.717) is 54.3 Å². The molecule has 0 atom stereocenters. The van der Waals surface area contributed by atoms with Gasteiger partial charge in [-0.3, -0.25) is 19.2 Å². The molecule has 46 heavy (non-hydrogen) atoms. The molecule has 0 unspecified atom stereocenters. The van der Waals surface area contributed by atoms with Crippen molar-refractivity contribution >= 4 is 35.0 Å². The standard InChI is InChI=1S/C36H41N5O5/c37-17-4-2-1-3-5-34(43)40-18-16-25-10-12-29(19-28(25)22-40)38-35(44)26-8-6-24(7-9-26)21-41(30-13-14-30)36(45)27-11-15-31-32(20-27)46-23-33(42)39-31/h6-12,15,19-20,30H,1-5,13-14,16-18,21-23,37H2,(H,38,44)(H,39,42). The first-order chi connectivity index (χ1) is 22.4.